The van der Waals surface area contributed by atoms with Crippen molar-refractivity contribution in [1.82, 2.24) is 0 Å². The molecule has 3 unspecified atom stereocenters. The lowest BCUT2D eigenvalue weighted by Crippen LogP contribution is -2.06. The van der Waals surface area contributed by atoms with E-state index in [0.717, 1.165) is 18.1 Å². The molecule has 1 heterocycles. The molecule has 2 heteroatoms. The Labute approximate surface area is 108 Å². The van der Waals surface area contributed by atoms with E-state index in [2.05, 4.69) is 32.0 Å². The molecule has 0 radical (unpaired) electrons. The Bertz CT molecular complexity index is 425. The molecule has 1 aliphatic heterocycles. The molecular weight excluding hydrogens is 232 g/mol. The Morgan fingerprint density at radius 3 is 2.82 bits per heavy atom. The summed E-state index contributed by atoms with van der Waals surface area (Å²) >= 11 is 6.59. The fraction of sp³-hybridized carbons (Fsp3) is 0.600. The highest BCUT2D eigenvalue weighted by Gasteiger charge is 2.33. The van der Waals surface area contributed by atoms with E-state index in [1.54, 1.807) is 0 Å². The maximum absolute atomic E-state index is 6.59. The standard InChI is InChI=1S/C15H19ClO/c1-9-7-13-8-12(5-6-14(13)17-9)15(16)10(2)11-3-4-11/h5-6,8-11,15H,3-4,7H2,1-2H3. The van der Waals surface area contributed by atoms with Gasteiger partial charge in [-0.05, 0) is 48.8 Å². The molecule has 3 atom stereocenters. The second-order valence-electron chi connectivity index (χ2n) is 5.60. The summed E-state index contributed by atoms with van der Waals surface area (Å²) in [5, 5.41) is 0.156. The van der Waals surface area contributed by atoms with Crippen LogP contribution >= 0.6 is 11.6 Å². The van der Waals surface area contributed by atoms with Crippen molar-refractivity contribution in [1.29, 1.82) is 0 Å². The van der Waals surface area contributed by atoms with Crippen LogP contribution in [0.15, 0.2) is 18.2 Å². The number of alkyl halides is 1. The molecule has 1 aromatic rings. The van der Waals surface area contributed by atoms with E-state index in [0.29, 0.717) is 12.0 Å². The molecule has 1 aliphatic carbocycles. The van der Waals surface area contributed by atoms with Crippen LogP contribution in [0.4, 0.5) is 0 Å². The molecule has 1 fully saturated rings. The van der Waals surface area contributed by atoms with Crippen LogP contribution in [0, 0.1) is 11.8 Å². The zero-order valence-electron chi connectivity index (χ0n) is 10.4. The van der Waals surface area contributed by atoms with Gasteiger partial charge in [0.2, 0.25) is 0 Å². The van der Waals surface area contributed by atoms with Crippen molar-refractivity contribution in [2.45, 2.75) is 44.6 Å². The van der Waals surface area contributed by atoms with Gasteiger partial charge in [-0.25, -0.2) is 0 Å². The summed E-state index contributed by atoms with van der Waals surface area (Å²) in [6.45, 7) is 4.40. The summed E-state index contributed by atoms with van der Waals surface area (Å²) in [7, 11) is 0. The van der Waals surface area contributed by atoms with E-state index in [1.807, 2.05) is 0 Å². The largest absolute Gasteiger partial charge is 0.490 e. The Hall–Kier alpha value is -0.690. The summed E-state index contributed by atoms with van der Waals surface area (Å²) in [5.41, 5.74) is 2.59. The molecule has 0 bridgehead atoms. The number of fused-ring (bicyclic) bond motifs is 1. The van der Waals surface area contributed by atoms with E-state index >= 15 is 0 Å². The van der Waals surface area contributed by atoms with Gasteiger partial charge < -0.3 is 4.74 Å². The number of ether oxygens (including phenoxy) is 1. The molecule has 0 saturated heterocycles. The molecule has 1 aromatic carbocycles. The minimum atomic E-state index is 0.156. The first-order chi connectivity index (χ1) is 8.15. The van der Waals surface area contributed by atoms with Crippen LogP contribution in [-0.2, 0) is 6.42 Å². The van der Waals surface area contributed by atoms with Crippen molar-refractivity contribution in [2.24, 2.45) is 11.8 Å². The van der Waals surface area contributed by atoms with Gasteiger partial charge in [0.25, 0.3) is 0 Å². The first-order valence-electron chi connectivity index (χ1n) is 6.58. The lowest BCUT2D eigenvalue weighted by atomic mass is 9.94. The highest BCUT2D eigenvalue weighted by molar-refractivity contribution is 6.21. The Morgan fingerprint density at radius 1 is 1.35 bits per heavy atom. The molecule has 0 amide bonds. The van der Waals surface area contributed by atoms with Crippen LogP contribution in [0.2, 0.25) is 0 Å². The first kappa shape index (κ1) is 11.4. The number of rotatable bonds is 3. The van der Waals surface area contributed by atoms with Crippen LogP contribution in [-0.4, -0.2) is 6.10 Å². The minimum Gasteiger partial charge on any atom is -0.490 e. The monoisotopic (exact) mass is 250 g/mol. The van der Waals surface area contributed by atoms with Crippen LogP contribution in [0.5, 0.6) is 5.75 Å². The zero-order valence-corrected chi connectivity index (χ0v) is 11.2. The van der Waals surface area contributed by atoms with Gasteiger partial charge in [-0.15, -0.1) is 11.6 Å². The van der Waals surface area contributed by atoms with Crippen molar-refractivity contribution in [2.75, 3.05) is 0 Å². The van der Waals surface area contributed by atoms with Gasteiger partial charge >= 0.3 is 0 Å². The average Bonchev–Trinajstić information content (AvgIpc) is 3.08. The smallest absolute Gasteiger partial charge is 0.123 e. The topological polar surface area (TPSA) is 9.23 Å². The maximum atomic E-state index is 6.59. The Kier molecular flexibility index (Phi) is 2.82. The van der Waals surface area contributed by atoms with Crippen LogP contribution in [0.3, 0.4) is 0 Å². The third-order valence-electron chi connectivity index (χ3n) is 4.07. The van der Waals surface area contributed by atoms with E-state index in [4.69, 9.17) is 16.3 Å². The summed E-state index contributed by atoms with van der Waals surface area (Å²) < 4.78 is 5.72. The third-order valence-corrected chi connectivity index (χ3v) is 4.72. The normalized spacial score (nSPS) is 26.2. The minimum absolute atomic E-state index is 0.156. The highest BCUT2D eigenvalue weighted by atomic mass is 35.5. The maximum Gasteiger partial charge on any atom is 0.123 e. The van der Waals surface area contributed by atoms with E-state index in [-0.39, 0.29) is 5.38 Å². The fourth-order valence-electron chi connectivity index (χ4n) is 2.78. The average molecular weight is 251 g/mol. The molecule has 0 aromatic heterocycles. The SMILES string of the molecule is CC1Cc2cc(C(Cl)C(C)C3CC3)ccc2O1. The predicted octanol–water partition coefficient (Wildman–Crippen LogP) is 4.34. The van der Waals surface area contributed by atoms with Crippen LogP contribution in [0.1, 0.15) is 43.2 Å². The number of halogens is 1. The van der Waals surface area contributed by atoms with Crippen molar-refractivity contribution >= 4 is 11.6 Å². The predicted molar refractivity (Wildman–Crippen MR) is 70.7 cm³/mol. The quantitative estimate of drug-likeness (QED) is 0.726. The van der Waals surface area contributed by atoms with Gasteiger partial charge in [0.15, 0.2) is 0 Å². The van der Waals surface area contributed by atoms with E-state index in [1.165, 1.54) is 24.0 Å². The molecule has 17 heavy (non-hydrogen) atoms. The molecule has 0 N–H and O–H groups in total. The second kappa shape index (κ2) is 4.20. The van der Waals surface area contributed by atoms with Crippen LogP contribution < -0.4 is 4.74 Å². The van der Waals surface area contributed by atoms with Crippen molar-refractivity contribution in [3.05, 3.63) is 29.3 Å². The summed E-state index contributed by atoms with van der Waals surface area (Å²) in [4.78, 5) is 0. The zero-order chi connectivity index (χ0) is 12.0. The first-order valence-corrected chi connectivity index (χ1v) is 7.02. The van der Waals surface area contributed by atoms with Crippen molar-refractivity contribution in [3.8, 4) is 5.75 Å². The Morgan fingerprint density at radius 2 is 2.12 bits per heavy atom. The van der Waals surface area contributed by atoms with E-state index < -0.39 is 0 Å². The molecular formula is C15H19ClO. The lowest BCUT2D eigenvalue weighted by Gasteiger charge is -2.18. The van der Waals surface area contributed by atoms with Gasteiger partial charge in [-0.2, -0.15) is 0 Å². The Balaban J connectivity index is 1.81. The van der Waals surface area contributed by atoms with Gasteiger partial charge in [0, 0.05) is 6.42 Å². The summed E-state index contributed by atoms with van der Waals surface area (Å²) in [6, 6.07) is 6.46. The fourth-order valence-corrected chi connectivity index (χ4v) is 3.12. The lowest BCUT2D eigenvalue weighted by molar-refractivity contribution is 0.254. The second-order valence-corrected chi connectivity index (χ2v) is 6.07. The third kappa shape index (κ3) is 2.18. The molecule has 3 rings (SSSR count). The van der Waals surface area contributed by atoms with Gasteiger partial charge in [0.05, 0.1) is 5.38 Å². The van der Waals surface area contributed by atoms with Gasteiger partial charge in [-0.3, -0.25) is 0 Å². The molecule has 1 nitrogen and oxygen atoms in total. The number of benzene rings is 1. The summed E-state index contributed by atoms with van der Waals surface area (Å²) in [5.74, 6) is 2.49. The molecule has 1 saturated carbocycles. The van der Waals surface area contributed by atoms with Gasteiger partial charge in [0.1, 0.15) is 11.9 Å². The highest BCUT2D eigenvalue weighted by Crippen LogP contribution is 2.46. The van der Waals surface area contributed by atoms with E-state index in [9.17, 15) is 0 Å². The number of hydrogen-bond donors (Lipinski definition) is 0. The van der Waals surface area contributed by atoms with Crippen molar-refractivity contribution in [3.63, 3.8) is 0 Å². The molecule has 0 spiro atoms. The molecule has 2 aliphatic rings. The molecule has 92 valence electrons. The van der Waals surface area contributed by atoms with Crippen molar-refractivity contribution < 1.29 is 4.74 Å². The van der Waals surface area contributed by atoms with Crippen LogP contribution in [0.25, 0.3) is 0 Å². The van der Waals surface area contributed by atoms with Gasteiger partial charge in [-0.1, -0.05) is 19.1 Å². The summed E-state index contributed by atoms with van der Waals surface area (Å²) in [6.07, 6.45) is 4.05. The number of hydrogen-bond acceptors (Lipinski definition) is 1.